The molecule has 1 aromatic rings. The lowest BCUT2D eigenvalue weighted by Gasteiger charge is -2.32. The summed E-state index contributed by atoms with van der Waals surface area (Å²) in [6.07, 6.45) is 3.80. The van der Waals surface area contributed by atoms with Crippen LogP contribution in [0.15, 0.2) is 16.5 Å². The molecule has 17 heavy (non-hydrogen) atoms. The Morgan fingerprint density at radius 1 is 1.59 bits per heavy atom. The summed E-state index contributed by atoms with van der Waals surface area (Å²) in [5.74, 6) is 2.21. The van der Waals surface area contributed by atoms with Crippen molar-refractivity contribution < 1.29 is 9.52 Å². The van der Waals surface area contributed by atoms with Crippen LogP contribution < -0.4 is 5.73 Å². The van der Waals surface area contributed by atoms with Gasteiger partial charge in [0.15, 0.2) is 0 Å². The van der Waals surface area contributed by atoms with Crippen molar-refractivity contribution in [2.45, 2.75) is 45.6 Å². The summed E-state index contributed by atoms with van der Waals surface area (Å²) < 4.78 is 5.55. The third-order valence-electron chi connectivity index (χ3n) is 4.34. The van der Waals surface area contributed by atoms with Gasteiger partial charge < -0.3 is 15.3 Å². The van der Waals surface area contributed by atoms with E-state index in [1.807, 2.05) is 19.1 Å². The van der Waals surface area contributed by atoms with Gasteiger partial charge in [-0.15, -0.1) is 0 Å². The summed E-state index contributed by atoms with van der Waals surface area (Å²) in [6.45, 7) is 4.64. The Kier molecular flexibility index (Phi) is 3.59. The zero-order chi connectivity index (χ0) is 12.5. The van der Waals surface area contributed by atoms with Crippen molar-refractivity contribution in [1.29, 1.82) is 0 Å². The van der Waals surface area contributed by atoms with E-state index < -0.39 is 6.10 Å². The number of rotatable bonds is 4. The van der Waals surface area contributed by atoms with E-state index in [2.05, 4.69) is 6.92 Å². The Labute approximate surface area is 103 Å². The molecule has 0 radical (unpaired) electrons. The summed E-state index contributed by atoms with van der Waals surface area (Å²) in [6, 6.07) is 3.77. The molecular weight excluding hydrogens is 214 g/mol. The van der Waals surface area contributed by atoms with E-state index in [0.29, 0.717) is 18.2 Å². The lowest BCUT2D eigenvalue weighted by molar-refractivity contribution is 0.0132. The van der Waals surface area contributed by atoms with Gasteiger partial charge in [-0.2, -0.15) is 0 Å². The van der Waals surface area contributed by atoms with Crippen molar-refractivity contribution >= 4 is 0 Å². The van der Waals surface area contributed by atoms with Crippen molar-refractivity contribution in [1.82, 2.24) is 0 Å². The first-order chi connectivity index (χ1) is 8.11. The van der Waals surface area contributed by atoms with E-state index in [-0.39, 0.29) is 5.41 Å². The van der Waals surface area contributed by atoms with Gasteiger partial charge in [0.2, 0.25) is 0 Å². The average Bonchev–Trinajstić information content (AvgIpc) is 2.95. The maximum absolute atomic E-state index is 10.5. The van der Waals surface area contributed by atoms with Gasteiger partial charge in [-0.1, -0.05) is 13.3 Å². The highest BCUT2D eigenvalue weighted by molar-refractivity contribution is 5.12. The molecule has 3 heteroatoms. The fourth-order valence-electron chi connectivity index (χ4n) is 3.07. The van der Waals surface area contributed by atoms with Gasteiger partial charge >= 0.3 is 0 Å². The summed E-state index contributed by atoms with van der Waals surface area (Å²) >= 11 is 0. The Morgan fingerprint density at radius 2 is 2.35 bits per heavy atom. The minimum absolute atomic E-state index is 0.176. The lowest BCUT2D eigenvalue weighted by atomic mass is 9.78. The lowest BCUT2D eigenvalue weighted by Crippen LogP contribution is -2.34. The topological polar surface area (TPSA) is 59.4 Å². The van der Waals surface area contributed by atoms with Gasteiger partial charge in [0.25, 0.3) is 0 Å². The van der Waals surface area contributed by atoms with Crippen LogP contribution >= 0.6 is 0 Å². The van der Waals surface area contributed by atoms with Gasteiger partial charge in [-0.25, -0.2) is 0 Å². The van der Waals surface area contributed by atoms with E-state index in [1.165, 1.54) is 12.8 Å². The molecule has 0 aliphatic heterocycles. The first-order valence-electron chi connectivity index (χ1n) is 6.56. The van der Waals surface area contributed by atoms with Crippen LogP contribution in [0, 0.1) is 18.3 Å². The fourth-order valence-corrected chi connectivity index (χ4v) is 3.07. The molecule has 3 unspecified atom stereocenters. The molecule has 0 saturated heterocycles. The standard InChI is InChI=1S/C14H23NO2/c1-3-11-6-7-14(8-11,9-15)13(16)12-5-4-10(2)17-12/h4-5,11,13,16H,3,6-9,15H2,1-2H3. The monoisotopic (exact) mass is 237 g/mol. The van der Waals surface area contributed by atoms with Crippen molar-refractivity contribution in [2.75, 3.05) is 6.54 Å². The van der Waals surface area contributed by atoms with E-state index in [1.54, 1.807) is 0 Å². The van der Waals surface area contributed by atoms with Crippen LogP contribution in [-0.2, 0) is 0 Å². The third-order valence-corrected chi connectivity index (χ3v) is 4.34. The number of aliphatic hydroxyl groups excluding tert-OH is 1. The van der Waals surface area contributed by atoms with Crippen LogP contribution in [0.1, 0.15) is 50.2 Å². The molecule has 3 atom stereocenters. The Balaban J connectivity index is 2.18. The Morgan fingerprint density at radius 3 is 2.82 bits per heavy atom. The van der Waals surface area contributed by atoms with E-state index >= 15 is 0 Å². The van der Waals surface area contributed by atoms with Crippen molar-refractivity contribution in [3.8, 4) is 0 Å². The average molecular weight is 237 g/mol. The number of nitrogens with two attached hydrogens (primary N) is 1. The molecule has 3 N–H and O–H groups in total. The summed E-state index contributed by atoms with van der Waals surface area (Å²) in [4.78, 5) is 0. The van der Waals surface area contributed by atoms with Crippen LogP contribution in [0.4, 0.5) is 0 Å². The second-order valence-electron chi connectivity index (χ2n) is 5.43. The van der Waals surface area contributed by atoms with E-state index in [0.717, 1.165) is 18.6 Å². The molecule has 0 spiro atoms. The van der Waals surface area contributed by atoms with E-state index in [4.69, 9.17) is 10.2 Å². The predicted octanol–water partition coefficient (Wildman–Crippen LogP) is 2.78. The first kappa shape index (κ1) is 12.7. The highest BCUT2D eigenvalue weighted by Gasteiger charge is 2.44. The molecular formula is C14H23NO2. The second-order valence-corrected chi connectivity index (χ2v) is 5.43. The molecule has 1 aromatic heterocycles. The summed E-state index contributed by atoms with van der Waals surface area (Å²) in [5, 5.41) is 10.5. The van der Waals surface area contributed by atoms with Crippen LogP contribution in [0.25, 0.3) is 0 Å². The molecule has 1 aliphatic carbocycles. The number of aryl methyl sites for hydroxylation is 1. The molecule has 0 bridgehead atoms. The van der Waals surface area contributed by atoms with Gasteiger partial charge in [-0.05, 0) is 44.2 Å². The van der Waals surface area contributed by atoms with Gasteiger partial charge in [-0.3, -0.25) is 0 Å². The predicted molar refractivity (Wildman–Crippen MR) is 67.5 cm³/mol. The molecule has 0 amide bonds. The van der Waals surface area contributed by atoms with Crippen LogP contribution in [-0.4, -0.2) is 11.7 Å². The summed E-state index contributed by atoms with van der Waals surface area (Å²) in [7, 11) is 0. The molecule has 1 fully saturated rings. The van der Waals surface area contributed by atoms with E-state index in [9.17, 15) is 5.11 Å². The molecule has 1 heterocycles. The zero-order valence-corrected chi connectivity index (χ0v) is 10.8. The highest BCUT2D eigenvalue weighted by Crippen LogP contribution is 2.50. The SMILES string of the molecule is CCC1CCC(CN)(C(O)c2ccc(C)o2)C1. The summed E-state index contributed by atoms with van der Waals surface area (Å²) in [5.41, 5.74) is 5.75. The van der Waals surface area contributed by atoms with Crippen LogP contribution in [0.5, 0.6) is 0 Å². The van der Waals surface area contributed by atoms with Crippen molar-refractivity contribution in [2.24, 2.45) is 17.1 Å². The molecule has 2 rings (SSSR count). The van der Waals surface area contributed by atoms with Gasteiger partial charge in [0, 0.05) is 12.0 Å². The largest absolute Gasteiger partial charge is 0.464 e. The minimum Gasteiger partial charge on any atom is -0.464 e. The van der Waals surface area contributed by atoms with Gasteiger partial charge in [0.1, 0.15) is 17.6 Å². The quantitative estimate of drug-likeness (QED) is 0.846. The van der Waals surface area contributed by atoms with Crippen LogP contribution in [0.3, 0.4) is 0 Å². The molecule has 1 saturated carbocycles. The van der Waals surface area contributed by atoms with Crippen LogP contribution in [0.2, 0.25) is 0 Å². The Hall–Kier alpha value is -0.800. The number of hydrogen-bond acceptors (Lipinski definition) is 3. The fraction of sp³-hybridized carbons (Fsp3) is 0.714. The Bertz CT molecular complexity index is 374. The maximum Gasteiger partial charge on any atom is 0.133 e. The van der Waals surface area contributed by atoms with Crippen molar-refractivity contribution in [3.05, 3.63) is 23.7 Å². The smallest absolute Gasteiger partial charge is 0.133 e. The minimum atomic E-state index is -0.558. The third kappa shape index (κ3) is 2.26. The maximum atomic E-state index is 10.5. The molecule has 1 aliphatic rings. The number of hydrogen-bond donors (Lipinski definition) is 2. The first-order valence-corrected chi connectivity index (χ1v) is 6.56. The number of aliphatic hydroxyl groups is 1. The molecule has 96 valence electrons. The molecule has 0 aromatic carbocycles. The zero-order valence-electron chi connectivity index (χ0n) is 10.8. The number of furan rings is 1. The second kappa shape index (κ2) is 4.83. The highest BCUT2D eigenvalue weighted by atomic mass is 16.4. The normalized spacial score (nSPS) is 30.7. The van der Waals surface area contributed by atoms with Gasteiger partial charge in [0.05, 0.1) is 0 Å². The molecule has 3 nitrogen and oxygen atoms in total. The van der Waals surface area contributed by atoms with Crippen molar-refractivity contribution in [3.63, 3.8) is 0 Å².